The average Bonchev–Trinajstić information content (AvgIpc) is 2.91. The fourth-order valence-corrected chi connectivity index (χ4v) is 3.13. The molecule has 1 aromatic heterocycles. The number of Topliss-reactive ketones (excluding diaryl/α,β-unsaturated/α-hetero) is 1. The summed E-state index contributed by atoms with van der Waals surface area (Å²) in [5, 5.41) is 12.6. The van der Waals surface area contributed by atoms with Gasteiger partial charge in [-0.15, -0.1) is 11.3 Å². The van der Waals surface area contributed by atoms with Gasteiger partial charge in [0.05, 0.1) is 0 Å². The van der Waals surface area contributed by atoms with Crippen molar-refractivity contribution < 1.29 is 19.4 Å². The fraction of sp³-hybridized carbons (Fsp3) is 0.706. The highest BCUT2D eigenvalue weighted by atomic mass is 32.1. The molecule has 0 aromatic carbocycles. The number of hydrogen-bond donors (Lipinski definition) is 1. The molecule has 0 spiro atoms. The number of aliphatic hydroxyl groups excluding tert-OH is 1. The van der Waals surface area contributed by atoms with Gasteiger partial charge in [0.1, 0.15) is 22.4 Å². The summed E-state index contributed by atoms with van der Waals surface area (Å²) in [5.41, 5.74) is -0.215. The number of ether oxygens (including phenoxy) is 1. The number of aromatic nitrogens is 1. The van der Waals surface area contributed by atoms with E-state index < -0.39 is 17.8 Å². The summed E-state index contributed by atoms with van der Waals surface area (Å²) < 4.78 is 5.40. The molecule has 0 aliphatic carbocycles. The van der Waals surface area contributed by atoms with Gasteiger partial charge in [-0.2, -0.15) is 0 Å². The molecular formula is C17H28N2O4S. The van der Waals surface area contributed by atoms with E-state index in [1.807, 2.05) is 34.6 Å². The zero-order valence-corrected chi connectivity index (χ0v) is 16.3. The van der Waals surface area contributed by atoms with Gasteiger partial charge in [-0.25, -0.2) is 9.78 Å². The normalized spacial score (nSPS) is 14.4. The second kappa shape index (κ2) is 8.07. The first kappa shape index (κ1) is 20.6. The zero-order chi connectivity index (χ0) is 18.7. The Kier molecular flexibility index (Phi) is 6.92. The van der Waals surface area contributed by atoms with Gasteiger partial charge in [-0.05, 0) is 26.7 Å². The Hall–Kier alpha value is -1.47. The molecule has 0 saturated carbocycles. The summed E-state index contributed by atoms with van der Waals surface area (Å²) in [6, 6.07) is -0.209. The van der Waals surface area contributed by atoms with Gasteiger partial charge in [0, 0.05) is 31.8 Å². The van der Waals surface area contributed by atoms with Crippen LogP contribution in [0.15, 0.2) is 5.38 Å². The smallest absolute Gasteiger partial charge is 0.410 e. The summed E-state index contributed by atoms with van der Waals surface area (Å²) in [5.74, 6) is 0.000362. The first-order valence-corrected chi connectivity index (χ1v) is 8.90. The van der Waals surface area contributed by atoms with Crippen molar-refractivity contribution in [2.75, 3.05) is 7.05 Å². The van der Waals surface area contributed by atoms with Gasteiger partial charge >= 0.3 is 6.09 Å². The molecule has 0 unspecified atom stereocenters. The largest absolute Gasteiger partial charge is 0.444 e. The maximum Gasteiger partial charge on any atom is 0.410 e. The SMILES string of the molecule is CC(=O)c1csc([C@H](O)C[C@@H](C(C)C)N(C)C(=O)OC(C)(C)C)n1. The predicted molar refractivity (Wildman–Crippen MR) is 94.3 cm³/mol. The van der Waals surface area contributed by atoms with Crippen LogP contribution < -0.4 is 0 Å². The van der Waals surface area contributed by atoms with Gasteiger partial charge < -0.3 is 14.7 Å². The minimum absolute atomic E-state index is 0.129. The van der Waals surface area contributed by atoms with Crippen LogP contribution in [0.1, 0.15) is 69.6 Å². The van der Waals surface area contributed by atoms with Crippen molar-refractivity contribution in [3.05, 3.63) is 16.1 Å². The standard InChI is InChI=1S/C17H28N2O4S/c1-10(2)13(19(7)16(22)23-17(4,5)6)8-14(21)15-18-12(9-24-15)11(3)20/h9-10,13-14,21H,8H2,1-7H3/t13-,14+/m0/s1. The van der Waals surface area contributed by atoms with E-state index in [-0.39, 0.29) is 17.7 Å². The lowest BCUT2D eigenvalue weighted by atomic mass is 9.97. The predicted octanol–water partition coefficient (Wildman–Crippen LogP) is 3.66. The second-order valence-electron chi connectivity index (χ2n) is 7.28. The molecule has 0 fully saturated rings. The van der Waals surface area contributed by atoms with E-state index in [9.17, 15) is 14.7 Å². The van der Waals surface area contributed by atoms with E-state index >= 15 is 0 Å². The van der Waals surface area contributed by atoms with Crippen LogP contribution >= 0.6 is 11.3 Å². The van der Waals surface area contributed by atoms with Crippen molar-refractivity contribution in [2.45, 2.75) is 65.7 Å². The van der Waals surface area contributed by atoms with Crippen molar-refractivity contribution in [1.29, 1.82) is 0 Å². The summed E-state index contributed by atoms with van der Waals surface area (Å²) >= 11 is 1.25. The number of thiazole rings is 1. The molecule has 6 nitrogen and oxygen atoms in total. The van der Waals surface area contributed by atoms with E-state index in [0.717, 1.165) is 0 Å². The molecule has 1 aromatic rings. The molecule has 2 atom stereocenters. The van der Waals surface area contributed by atoms with Crippen LogP contribution in [0.4, 0.5) is 4.79 Å². The topological polar surface area (TPSA) is 79.7 Å². The first-order chi connectivity index (χ1) is 10.9. The number of hydrogen-bond acceptors (Lipinski definition) is 6. The third-order valence-electron chi connectivity index (χ3n) is 3.58. The van der Waals surface area contributed by atoms with Gasteiger partial charge in [-0.3, -0.25) is 4.79 Å². The monoisotopic (exact) mass is 356 g/mol. The van der Waals surface area contributed by atoms with E-state index in [0.29, 0.717) is 17.1 Å². The van der Waals surface area contributed by atoms with Crippen molar-refractivity contribution in [3.8, 4) is 0 Å². The summed E-state index contributed by atoms with van der Waals surface area (Å²) in [6.45, 7) is 10.9. The Morgan fingerprint density at radius 3 is 2.38 bits per heavy atom. The van der Waals surface area contributed by atoms with Crippen molar-refractivity contribution >= 4 is 23.2 Å². The summed E-state index contributed by atoms with van der Waals surface area (Å²) in [6.07, 6.45) is -0.921. The highest BCUT2D eigenvalue weighted by molar-refractivity contribution is 7.09. The fourth-order valence-electron chi connectivity index (χ4n) is 2.28. The number of carbonyl (C=O) groups is 2. The average molecular weight is 356 g/mol. The van der Waals surface area contributed by atoms with Gasteiger partial charge in [0.25, 0.3) is 0 Å². The number of rotatable bonds is 6. The maximum absolute atomic E-state index is 12.3. The Morgan fingerprint density at radius 2 is 1.96 bits per heavy atom. The van der Waals surface area contributed by atoms with Crippen LogP contribution in [-0.2, 0) is 4.74 Å². The third-order valence-corrected chi connectivity index (χ3v) is 4.53. The van der Waals surface area contributed by atoms with E-state index in [1.165, 1.54) is 23.2 Å². The number of aliphatic hydroxyl groups is 1. The molecule has 1 amide bonds. The Morgan fingerprint density at radius 1 is 1.38 bits per heavy atom. The molecule has 7 heteroatoms. The molecule has 0 saturated heterocycles. The lowest BCUT2D eigenvalue weighted by Crippen LogP contribution is -2.44. The molecular weight excluding hydrogens is 328 g/mol. The van der Waals surface area contributed by atoms with Crippen LogP contribution in [0.5, 0.6) is 0 Å². The molecule has 1 rings (SSSR count). The van der Waals surface area contributed by atoms with Gasteiger partial charge in [0.2, 0.25) is 0 Å². The second-order valence-corrected chi connectivity index (χ2v) is 8.17. The number of carbonyl (C=O) groups excluding carboxylic acids is 2. The highest BCUT2D eigenvalue weighted by Gasteiger charge is 2.30. The van der Waals surface area contributed by atoms with Crippen LogP contribution in [0, 0.1) is 5.92 Å². The molecule has 1 N–H and O–H groups in total. The molecule has 1 heterocycles. The zero-order valence-electron chi connectivity index (χ0n) is 15.5. The van der Waals surface area contributed by atoms with Crippen LogP contribution in [0.3, 0.4) is 0 Å². The third kappa shape index (κ3) is 5.87. The summed E-state index contributed by atoms with van der Waals surface area (Å²) in [4.78, 5) is 29.3. The van der Waals surface area contributed by atoms with Gasteiger partial charge in [-0.1, -0.05) is 13.8 Å². The Bertz CT molecular complexity index is 577. The number of amides is 1. The van der Waals surface area contributed by atoms with E-state index in [2.05, 4.69) is 4.98 Å². The first-order valence-electron chi connectivity index (χ1n) is 8.02. The van der Waals surface area contributed by atoms with Crippen LogP contribution in [0.2, 0.25) is 0 Å². The quantitative estimate of drug-likeness (QED) is 0.787. The lowest BCUT2D eigenvalue weighted by Gasteiger charge is -2.34. The number of nitrogens with zero attached hydrogens (tertiary/aromatic N) is 2. The van der Waals surface area contributed by atoms with E-state index in [1.54, 1.807) is 12.4 Å². The van der Waals surface area contributed by atoms with Crippen molar-refractivity contribution in [1.82, 2.24) is 9.88 Å². The van der Waals surface area contributed by atoms with Crippen LogP contribution in [0.25, 0.3) is 0 Å². The molecule has 0 bridgehead atoms. The minimum Gasteiger partial charge on any atom is -0.444 e. The van der Waals surface area contributed by atoms with Crippen molar-refractivity contribution in [2.24, 2.45) is 5.92 Å². The van der Waals surface area contributed by atoms with Crippen molar-refractivity contribution in [3.63, 3.8) is 0 Å². The molecule has 0 radical (unpaired) electrons. The Balaban J connectivity index is 2.84. The molecule has 136 valence electrons. The van der Waals surface area contributed by atoms with Crippen LogP contribution in [-0.4, -0.2) is 45.6 Å². The molecule has 0 aliphatic rings. The highest BCUT2D eigenvalue weighted by Crippen LogP contribution is 2.27. The maximum atomic E-state index is 12.3. The molecule has 0 aliphatic heterocycles. The molecule has 24 heavy (non-hydrogen) atoms. The lowest BCUT2D eigenvalue weighted by molar-refractivity contribution is 0.0106. The minimum atomic E-state index is -0.833. The Labute approximate surface area is 147 Å². The van der Waals surface area contributed by atoms with E-state index in [4.69, 9.17) is 4.74 Å². The number of ketones is 1. The van der Waals surface area contributed by atoms with Gasteiger partial charge in [0.15, 0.2) is 5.78 Å². The summed E-state index contributed by atoms with van der Waals surface area (Å²) in [7, 11) is 1.67.